The molecule has 0 saturated carbocycles. The Hall–Kier alpha value is -2.96. The first-order valence-electron chi connectivity index (χ1n) is 9.36. The average molecular weight is 364 g/mol. The van der Waals surface area contributed by atoms with Gasteiger partial charge in [0.25, 0.3) is 0 Å². The largest absolute Gasteiger partial charge is 0.355 e. The number of carbonyl (C=O) groups is 1. The number of fused-ring (bicyclic) bond motifs is 1. The maximum Gasteiger partial charge on any atom is 0.223 e. The molecule has 2 aromatic heterocycles. The Balaban J connectivity index is 1.32. The van der Waals surface area contributed by atoms with Crippen molar-refractivity contribution in [2.75, 3.05) is 18.0 Å². The summed E-state index contributed by atoms with van der Waals surface area (Å²) >= 11 is 0. The third-order valence-corrected chi connectivity index (χ3v) is 5.29. The van der Waals surface area contributed by atoms with Crippen molar-refractivity contribution in [3.63, 3.8) is 0 Å². The van der Waals surface area contributed by atoms with Crippen LogP contribution in [-0.4, -0.2) is 38.8 Å². The van der Waals surface area contributed by atoms with Crippen LogP contribution >= 0.6 is 0 Å². The van der Waals surface area contributed by atoms with E-state index in [0.717, 1.165) is 37.4 Å². The van der Waals surface area contributed by atoms with Gasteiger partial charge in [-0.1, -0.05) is 23.8 Å². The summed E-state index contributed by atoms with van der Waals surface area (Å²) in [5.74, 6) is 1.11. The van der Waals surface area contributed by atoms with Gasteiger partial charge in [0.2, 0.25) is 5.91 Å². The van der Waals surface area contributed by atoms with E-state index in [-0.39, 0.29) is 11.8 Å². The van der Waals surface area contributed by atoms with Crippen molar-refractivity contribution in [3.05, 3.63) is 53.3 Å². The smallest absolute Gasteiger partial charge is 0.223 e. The summed E-state index contributed by atoms with van der Waals surface area (Å²) in [5, 5.41) is 15.5. The van der Waals surface area contributed by atoms with Crippen LogP contribution in [0.4, 0.5) is 5.82 Å². The molecule has 0 aliphatic carbocycles. The summed E-state index contributed by atoms with van der Waals surface area (Å²) in [4.78, 5) is 14.8. The fourth-order valence-corrected chi connectivity index (χ4v) is 3.63. The van der Waals surface area contributed by atoms with Crippen LogP contribution in [0.2, 0.25) is 0 Å². The van der Waals surface area contributed by atoms with E-state index in [4.69, 9.17) is 0 Å². The predicted octanol–water partition coefficient (Wildman–Crippen LogP) is 2.27. The molecule has 7 nitrogen and oxygen atoms in total. The van der Waals surface area contributed by atoms with E-state index in [2.05, 4.69) is 57.6 Å². The molecule has 1 saturated heterocycles. The molecule has 0 bridgehead atoms. The minimum absolute atomic E-state index is 0.0608. The van der Waals surface area contributed by atoms with Crippen LogP contribution in [0.5, 0.6) is 0 Å². The second-order valence-electron chi connectivity index (χ2n) is 7.23. The number of hydrogen-bond acceptors (Lipinski definition) is 5. The van der Waals surface area contributed by atoms with E-state index in [0.29, 0.717) is 6.54 Å². The molecule has 1 aromatic carbocycles. The molecule has 3 aromatic rings. The zero-order chi connectivity index (χ0) is 18.8. The Morgan fingerprint density at radius 2 is 2.00 bits per heavy atom. The van der Waals surface area contributed by atoms with Gasteiger partial charge < -0.3 is 10.2 Å². The van der Waals surface area contributed by atoms with Gasteiger partial charge in [-0.2, -0.15) is 4.52 Å². The monoisotopic (exact) mass is 364 g/mol. The Morgan fingerprint density at radius 1 is 1.19 bits per heavy atom. The van der Waals surface area contributed by atoms with Crippen LogP contribution < -0.4 is 10.2 Å². The minimum Gasteiger partial charge on any atom is -0.355 e. The van der Waals surface area contributed by atoms with Gasteiger partial charge in [0.15, 0.2) is 5.65 Å². The molecule has 1 N–H and O–H groups in total. The number of amides is 1. The molecule has 0 unspecified atom stereocenters. The van der Waals surface area contributed by atoms with Crippen molar-refractivity contribution in [3.8, 4) is 0 Å². The van der Waals surface area contributed by atoms with Crippen molar-refractivity contribution in [2.24, 2.45) is 5.92 Å². The SMILES string of the molecule is Cc1ccc(CNC(=O)C2CCN(c3ccc4nncn4n3)CC2)c(C)c1. The first-order valence-corrected chi connectivity index (χ1v) is 9.36. The average Bonchev–Trinajstić information content (AvgIpc) is 3.15. The molecular weight excluding hydrogens is 340 g/mol. The third kappa shape index (κ3) is 3.77. The van der Waals surface area contributed by atoms with Crippen LogP contribution in [0.25, 0.3) is 5.65 Å². The molecule has 140 valence electrons. The van der Waals surface area contributed by atoms with Gasteiger partial charge >= 0.3 is 0 Å². The van der Waals surface area contributed by atoms with Crippen molar-refractivity contribution < 1.29 is 4.79 Å². The third-order valence-electron chi connectivity index (χ3n) is 5.29. The first kappa shape index (κ1) is 17.5. The van der Waals surface area contributed by atoms with Crippen molar-refractivity contribution in [1.29, 1.82) is 0 Å². The number of hydrogen-bond donors (Lipinski definition) is 1. The van der Waals surface area contributed by atoms with E-state index < -0.39 is 0 Å². The quantitative estimate of drug-likeness (QED) is 0.769. The van der Waals surface area contributed by atoms with E-state index >= 15 is 0 Å². The molecule has 1 fully saturated rings. The van der Waals surface area contributed by atoms with E-state index in [9.17, 15) is 4.79 Å². The van der Waals surface area contributed by atoms with Crippen LogP contribution in [0.1, 0.15) is 29.5 Å². The van der Waals surface area contributed by atoms with Crippen molar-refractivity contribution >= 4 is 17.4 Å². The van der Waals surface area contributed by atoms with Gasteiger partial charge in [0, 0.05) is 25.6 Å². The first-order chi connectivity index (χ1) is 13.1. The van der Waals surface area contributed by atoms with E-state index in [1.807, 2.05) is 12.1 Å². The summed E-state index contributed by atoms with van der Waals surface area (Å²) < 4.78 is 1.68. The fourth-order valence-electron chi connectivity index (χ4n) is 3.63. The molecule has 1 aliphatic rings. The second kappa shape index (κ2) is 7.34. The zero-order valence-electron chi connectivity index (χ0n) is 15.7. The second-order valence-corrected chi connectivity index (χ2v) is 7.23. The molecule has 1 aliphatic heterocycles. The normalized spacial score (nSPS) is 15.3. The maximum atomic E-state index is 12.6. The Kier molecular flexibility index (Phi) is 4.75. The highest BCUT2D eigenvalue weighted by molar-refractivity contribution is 5.79. The number of rotatable bonds is 4. The van der Waals surface area contributed by atoms with E-state index in [1.54, 1.807) is 10.8 Å². The highest BCUT2D eigenvalue weighted by Gasteiger charge is 2.25. The number of benzene rings is 1. The number of carbonyl (C=O) groups excluding carboxylic acids is 1. The van der Waals surface area contributed by atoms with E-state index in [1.165, 1.54) is 16.7 Å². The lowest BCUT2D eigenvalue weighted by molar-refractivity contribution is -0.125. The summed E-state index contributed by atoms with van der Waals surface area (Å²) in [6.07, 6.45) is 3.27. The van der Waals surface area contributed by atoms with Crippen molar-refractivity contribution in [1.82, 2.24) is 25.1 Å². The highest BCUT2D eigenvalue weighted by atomic mass is 16.1. The molecular formula is C20H24N6O. The summed E-state index contributed by atoms with van der Waals surface area (Å²) in [6.45, 7) is 6.41. The van der Waals surface area contributed by atoms with Crippen LogP contribution in [0.3, 0.4) is 0 Å². The molecule has 0 atom stereocenters. The summed E-state index contributed by atoms with van der Waals surface area (Å²) in [5.41, 5.74) is 4.38. The number of aryl methyl sites for hydroxylation is 2. The molecule has 0 radical (unpaired) electrons. The van der Waals surface area contributed by atoms with Crippen LogP contribution in [0, 0.1) is 19.8 Å². The van der Waals surface area contributed by atoms with Crippen LogP contribution in [0.15, 0.2) is 36.7 Å². The van der Waals surface area contributed by atoms with Gasteiger partial charge in [-0.3, -0.25) is 4.79 Å². The Morgan fingerprint density at radius 3 is 2.78 bits per heavy atom. The van der Waals surface area contributed by atoms with Gasteiger partial charge in [0.05, 0.1) is 0 Å². The van der Waals surface area contributed by atoms with Gasteiger partial charge in [0.1, 0.15) is 12.1 Å². The maximum absolute atomic E-state index is 12.6. The highest BCUT2D eigenvalue weighted by Crippen LogP contribution is 2.22. The van der Waals surface area contributed by atoms with Gasteiger partial charge in [-0.25, -0.2) is 0 Å². The summed E-state index contributed by atoms with van der Waals surface area (Å²) in [6, 6.07) is 10.2. The topological polar surface area (TPSA) is 75.4 Å². The number of aromatic nitrogens is 4. The molecule has 3 heterocycles. The molecule has 27 heavy (non-hydrogen) atoms. The summed E-state index contributed by atoms with van der Waals surface area (Å²) in [7, 11) is 0. The number of piperidine rings is 1. The lowest BCUT2D eigenvalue weighted by Crippen LogP contribution is -2.40. The predicted molar refractivity (Wildman–Crippen MR) is 103 cm³/mol. The minimum atomic E-state index is 0.0608. The molecule has 0 spiro atoms. The zero-order valence-corrected chi connectivity index (χ0v) is 15.7. The molecule has 7 heteroatoms. The Labute approximate surface area is 158 Å². The lowest BCUT2D eigenvalue weighted by atomic mass is 9.95. The van der Waals surface area contributed by atoms with Crippen LogP contribution in [-0.2, 0) is 11.3 Å². The van der Waals surface area contributed by atoms with Crippen molar-refractivity contribution in [2.45, 2.75) is 33.2 Å². The number of anilines is 1. The fraction of sp³-hybridized carbons (Fsp3) is 0.400. The van der Waals surface area contributed by atoms with Gasteiger partial charge in [-0.05, 0) is 49.9 Å². The Bertz CT molecular complexity index is 958. The molecule has 1 amide bonds. The van der Waals surface area contributed by atoms with Gasteiger partial charge in [-0.15, -0.1) is 15.3 Å². The standard InChI is InChI=1S/C20H24N6O/c1-14-3-4-17(15(2)11-14)12-21-20(27)16-7-9-25(10-8-16)19-6-5-18-23-22-13-26(18)24-19/h3-6,11,13,16H,7-10,12H2,1-2H3,(H,21,27). The lowest BCUT2D eigenvalue weighted by Gasteiger charge is -2.32. The number of nitrogens with one attached hydrogen (secondary N) is 1. The molecule has 4 rings (SSSR count). The number of nitrogens with zero attached hydrogens (tertiary/aromatic N) is 5.